The number of imidazole rings is 1. The Kier molecular flexibility index (Phi) is 1.91. The third-order valence-corrected chi connectivity index (χ3v) is 3.90. The Balaban J connectivity index is 1.85. The molecule has 1 aromatic rings. The van der Waals surface area contributed by atoms with Crippen LogP contribution >= 0.6 is 0 Å². The third-order valence-electron chi connectivity index (χ3n) is 3.90. The lowest BCUT2D eigenvalue weighted by Crippen LogP contribution is -2.22. The van der Waals surface area contributed by atoms with Gasteiger partial charge >= 0.3 is 0 Å². The molecule has 0 saturated heterocycles. The SMILES string of the molecule is NCC1(CO)CC1c1cncn1C1CC1. The summed E-state index contributed by atoms with van der Waals surface area (Å²) >= 11 is 0. The molecule has 3 N–H and O–H groups in total. The lowest BCUT2D eigenvalue weighted by Gasteiger charge is -2.12. The second-order valence-electron chi connectivity index (χ2n) is 4.94. The fraction of sp³-hybridized carbons (Fsp3) is 0.727. The van der Waals surface area contributed by atoms with E-state index in [9.17, 15) is 5.11 Å². The van der Waals surface area contributed by atoms with Crippen molar-refractivity contribution in [3.63, 3.8) is 0 Å². The standard InChI is InChI=1S/C11H17N3O/c12-5-11(6-15)3-9(11)10-4-13-7-14(10)8-1-2-8/h4,7-9,15H,1-3,5-6,12H2. The molecule has 4 nitrogen and oxygen atoms in total. The summed E-state index contributed by atoms with van der Waals surface area (Å²) in [4.78, 5) is 4.22. The zero-order valence-corrected chi connectivity index (χ0v) is 8.76. The van der Waals surface area contributed by atoms with Crippen LogP contribution in [-0.2, 0) is 0 Å². The Morgan fingerprint density at radius 2 is 2.40 bits per heavy atom. The lowest BCUT2D eigenvalue weighted by molar-refractivity contribution is 0.211. The highest BCUT2D eigenvalue weighted by atomic mass is 16.3. The molecule has 0 amide bonds. The third kappa shape index (κ3) is 1.32. The van der Waals surface area contributed by atoms with Crippen molar-refractivity contribution in [2.45, 2.75) is 31.2 Å². The van der Waals surface area contributed by atoms with Crippen LogP contribution in [0.5, 0.6) is 0 Å². The number of nitrogens with zero attached hydrogens (tertiary/aromatic N) is 2. The van der Waals surface area contributed by atoms with Gasteiger partial charge < -0.3 is 15.4 Å². The summed E-state index contributed by atoms with van der Waals surface area (Å²) in [6, 6.07) is 0.664. The van der Waals surface area contributed by atoms with Gasteiger partial charge in [0.2, 0.25) is 0 Å². The number of rotatable bonds is 4. The van der Waals surface area contributed by atoms with E-state index in [1.54, 1.807) is 0 Å². The van der Waals surface area contributed by atoms with E-state index in [0.29, 0.717) is 18.5 Å². The van der Waals surface area contributed by atoms with Gasteiger partial charge in [-0.1, -0.05) is 0 Å². The van der Waals surface area contributed by atoms with Gasteiger partial charge in [0.05, 0.1) is 12.9 Å². The second-order valence-corrected chi connectivity index (χ2v) is 4.94. The van der Waals surface area contributed by atoms with Crippen LogP contribution in [-0.4, -0.2) is 27.8 Å². The molecule has 2 aliphatic carbocycles. The number of hydrogen-bond donors (Lipinski definition) is 2. The van der Waals surface area contributed by atoms with Gasteiger partial charge in [0, 0.05) is 35.8 Å². The van der Waals surface area contributed by atoms with Gasteiger partial charge in [0.1, 0.15) is 0 Å². The molecular weight excluding hydrogens is 190 g/mol. The van der Waals surface area contributed by atoms with Crippen LogP contribution in [0, 0.1) is 5.41 Å². The van der Waals surface area contributed by atoms with Crippen molar-refractivity contribution in [3.05, 3.63) is 18.2 Å². The van der Waals surface area contributed by atoms with E-state index in [1.165, 1.54) is 18.5 Å². The maximum absolute atomic E-state index is 9.36. The summed E-state index contributed by atoms with van der Waals surface area (Å²) in [5, 5.41) is 9.36. The Bertz CT molecular complexity index is 366. The molecule has 4 heteroatoms. The summed E-state index contributed by atoms with van der Waals surface area (Å²) in [6.07, 6.45) is 7.41. The number of nitrogens with two attached hydrogens (primary N) is 1. The number of aliphatic hydroxyl groups is 1. The molecule has 2 fully saturated rings. The monoisotopic (exact) mass is 207 g/mol. The summed E-state index contributed by atoms with van der Waals surface area (Å²) in [7, 11) is 0. The van der Waals surface area contributed by atoms with E-state index in [2.05, 4.69) is 9.55 Å². The molecule has 0 bridgehead atoms. The number of aromatic nitrogens is 2. The molecule has 2 aliphatic rings. The average Bonchev–Trinajstić information content (AvgIpc) is 3.18. The van der Waals surface area contributed by atoms with Crippen molar-refractivity contribution in [1.29, 1.82) is 0 Å². The van der Waals surface area contributed by atoms with Crippen molar-refractivity contribution in [3.8, 4) is 0 Å². The van der Waals surface area contributed by atoms with Crippen molar-refractivity contribution in [2.24, 2.45) is 11.1 Å². The summed E-state index contributed by atoms with van der Waals surface area (Å²) < 4.78 is 2.28. The molecule has 2 saturated carbocycles. The first-order valence-electron chi connectivity index (χ1n) is 5.63. The van der Waals surface area contributed by atoms with E-state index >= 15 is 0 Å². The smallest absolute Gasteiger partial charge is 0.0950 e. The van der Waals surface area contributed by atoms with Gasteiger partial charge in [-0.25, -0.2) is 4.98 Å². The minimum atomic E-state index is -0.0489. The van der Waals surface area contributed by atoms with Crippen molar-refractivity contribution >= 4 is 0 Å². The maximum atomic E-state index is 9.36. The van der Waals surface area contributed by atoms with Crippen LogP contribution in [0.3, 0.4) is 0 Å². The molecule has 2 unspecified atom stereocenters. The van der Waals surface area contributed by atoms with Gasteiger partial charge in [-0.3, -0.25) is 0 Å². The topological polar surface area (TPSA) is 64.1 Å². The molecule has 0 spiro atoms. The molecule has 0 aromatic carbocycles. The molecule has 0 radical (unpaired) electrons. The van der Waals surface area contributed by atoms with E-state index in [4.69, 9.17) is 5.73 Å². The largest absolute Gasteiger partial charge is 0.396 e. The summed E-state index contributed by atoms with van der Waals surface area (Å²) in [5.41, 5.74) is 6.95. The van der Waals surface area contributed by atoms with Gasteiger partial charge in [0.25, 0.3) is 0 Å². The molecule has 82 valence electrons. The molecule has 3 rings (SSSR count). The zero-order valence-electron chi connectivity index (χ0n) is 8.76. The molecule has 2 atom stereocenters. The highest BCUT2D eigenvalue weighted by molar-refractivity contribution is 5.24. The summed E-state index contributed by atoms with van der Waals surface area (Å²) in [5.74, 6) is 0.426. The maximum Gasteiger partial charge on any atom is 0.0950 e. The molecule has 0 aliphatic heterocycles. The predicted octanol–water partition coefficient (Wildman–Crippen LogP) is 0.643. The molecule has 1 aromatic heterocycles. The van der Waals surface area contributed by atoms with Crippen molar-refractivity contribution < 1.29 is 5.11 Å². The first kappa shape index (κ1) is 9.36. The van der Waals surface area contributed by atoms with E-state index < -0.39 is 0 Å². The zero-order chi connectivity index (χ0) is 10.5. The molecular formula is C11H17N3O. The van der Waals surface area contributed by atoms with Crippen molar-refractivity contribution in [1.82, 2.24) is 9.55 Å². The van der Waals surface area contributed by atoms with Crippen LogP contribution in [0.25, 0.3) is 0 Å². The van der Waals surface area contributed by atoms with Crippen molar-refractivity contribution in [2.75, 3.05) is 13.2 Å². The molecule has 15 heavy (non-hydrogen) atoms. The number of hydrogen-bond acceptors (Lipinski definition) is 3. The average molecular weight is 207 g/mol. The van der Waals surface area contributed by atoms with Gasteiger partial charge in [-0.05, 0) is 19.3 Å². The number of aliphatic hydroxyl groups excluding tert-OH is 1. The highest BCUT2D eigenvalue weighted by Crippen LogP contribution is 2.59. The summed E-state index contributed by atoms with van der Waals surface area (Å²) in [6.45, 7) is 0.772. The Labute approximate surface area is 89.1 Å². The Morgan fingerprint density at radius 3 is 2.93 bits per heavy atom. The van der Waals surface area contributed by atoms with Gasteiger partial charge in [-0.2, -0.15) is 0 Å². The van der Waals surface area contributed by atoms with E-state index in [-0.39, 0.29) is 12.0 Å². The fourth-order valence-electron chi connectivity index (χ4n) is 2.47. The normalized spacial score (nSPS) is 34.4. The van der Waals surface area contributed by atoms with Crippen LogP contribution in [0.15, 0.2) is 12.5 Å². The van der Waals surface area contributed by atoms with Gasteiger partial charge in [0.15, 0.2) is 0 Å². The van der Waals surface area contributed by atoms with Crippen LogP contribution in [0.1, 0.15) is 36.9 Å². The lowest BCUT2D eigenvalue weighted by atomic mass is 10.0. The minimum absolute atomic E-state index is 0.0489. The molecule has 1 heterocycles. The van der Waals surface area contributed by atoms with Crippen LogP contribution in [0.2, 0.25) is 0 Å². The predicted molar refractivity (Wildman–Crippen MR) is 56.4 cm³/mol. The quantitative estimate of drug-likeness (QED) is 0.761. The van der Waals surface area contributed by atoms with Crippen LogP contribution < -0.4 is 5.73 Å². The van der Waals surface area contributed by atoms with E-state index in [0.717, 1.165) is 6.42 Å². The fourth-order valence-corrected chi connectivity index (χ4v) is 2.47. The minimum Gasteiger partial charge on any atom is -0.396 e. The van der Waals surface area contributed by atoms with E-state index in [1.807, 2.05) is 12.5 Å². The first-order valence-corrected chi connectivity index (χ1v) is 5.63. The van der Waals surface area contributed by atoms with Crippen LogP contribution in [0.4, 0.5) is 0 Å². The van der Waals surface area contributed by atoms with Gasteiger partial charge in [-0.15, -0.1) is 0 Å². The first-order chi connectivity index (χ1) is 7.30. The second kappa shape index (κ2) is 3.06. The Morgan fingerprint density at radius 1 is 1.60 bits per heavy atom. The highest BCUT2D eigenvalue weighted by Gasteiger charge is 2.55. The Hall–Kier alpha value is -0.870.